The third kappa shape index (κ3) is 4.71. The number of H-pyrrole nitrogens is 1. The Bertz CT molecular complexity index is 1060. The number of rotatable bonds is 6. The monoisotopic (exact) mass is 420 g/mol. The van der Waals surface area contributed by atoms with Gasteiger partial charge in [-0.2, -0.15) is 0 Å². The van der Waals surface area contributed by atoms with E-state index in [0.717, 1.165) is 35.2 Å². The van der Waals surface area contributed by atoms with Gasteiger partial charge in [0.2, 0.25) is 5.91 Å². The standard InChI is InChI=1S/C24H28N4O3/c1-16(23(29)26-15-19-5-3-4-10-25-19)17-8-11-28(12-9-17)24(30)22-13-18-6-7-20(31-2)14-21(18)27-22/h3-7,10,13-14,16-17,27H,8-9,11-12,15H2,1-2H3,(H,26,29). The Morgan fingerprint density at radius 1 is 1.23 bits per heavy atom. The van der Waals surface area contributed by atoms with Crippen molar-refractivity contribution in [1.29, 1.82) is 0 Å². The number of hydrogen-bond donors (Lipinski definition) is 2. The van der Waals surface area contributed by atoms with E-state index in [1.165, 1.54) is 0 Å². The van der Waals surface area contributed by atoms with Crippen LogP contribution in [0, 0.1) is 11.8 Å². The minimum Gasteiger partial charge on any atom is -0.497 e. The van der Waals surface area contributed by atoms with Crippen LogP contribution in [0.1, 0.15) is 35.9 Å². The van der Waals surface area contributed by atoms with Gasteiger partial charge in [-0.25, -0.2) is 0 Å². The molecule has 3 heterocycles. The zero-order valence-corrected chi connectivity index (χ0v) is 17.9. The van der Waals surface area contributed by atoms with E-state index in [4.69, 9.17) is 4.74 Å². The fraction of sp³-hybridized carbons (Fsp3) is 0.375. The van der Waals surface area contributed by atoms with Gasteiger partial charge in [0.25, 0.3) is 5.91 Å². The van der Waals surface area contributed by atoms with Crippen LogP contribution in [-0.4, -0.2) is 46.9 Å². The molecule has 162 valence electrons. The fourth-order valence-electron chi connectivity index (χ4n) is 4.18. The number of carbonyl (C=O) groups excluding carboxylic acids is 2. The first-order valence-corrected chi connectivity index (χ1v) is 10.7. The summed E-state index contributed by atoms with van der Waals surface area (Å²) in [6, 6.07) is 13.3. The number of methoxy groups -OCH3 is 1. The summed E-state index contributed by atoms with van der Waals surface area (Å²) in [4.78, 5) is 34.9. The lowest BCUT2D eigenvalue weighted by atomic mass is 9.84. The highest BCUT2D eigenvalue weighted by Gasteiger charge is 2.30. The minimum atomic E-state index is -0.0958. The summed E-state index contributed by atoms with van der Waals surface area (Å²) < 4.78 is 5.25. The second-order valence-electron chi connectivity index (χ2n) is 8.09. The molecule has 0 aliphatic carbocycles. The largest absolute Gasteiger partial charge is 0.497 e. The third-order valence-electron chi connectivity index (χ3n) is 6.18. The van der Waals surface area contributed by atoms with Crippen LogP contribution in [0.3, 0.4) is 0 Å². The van der Waals surface area contributed by atoms with Crippen molar-refractivity contribution in [2.45, 2.75) is 26.3 Å². The number of aromatic amines is 1. The molecule has 2 aromatic heterocycles. The predicted octanol–water partition coefficient (Wildman–Crippen LogP) is 3.38. The molecule has 1 fully saturated rings. The van der Waals surface area contributed by atoms with E-state index in [1.54, 1.807) is 13.3 Å². The Labute approximate surface area is 181 Å². The van der Waals surface area contributed by atoms with Gasteiger partial charge in [-0.15, -0.1) is 0 Å². The Kier molecular flexibility index (Phi) is 6.21. The molecule has 1 atom stereocenters. The van der Waals surface area contributed by atoms with Crippen LogP contribution in [-0.2, 0) is 11.3 Å². The van der Waals surface area contributed by atoms with E-state index >= 15 is 0 Å². The first kappa shape index (κ1) is 20.9. The summed E-state index contributed by atoms with van der Waals surface area (Å²) in [6.07, 6.45) is 3.36. The molecule has 0 bridgehead atoms. The summed E-state index contributed by atoms with van der Waals surface area (Å²) in [6.45, 7) is 3.72. The highest BCUT2D eigenvalue weighted by molar-refractivity contribution is 5.98. The van der Waals surface area contributed by atoms with Gasteiger partial charge in [-0.1, -0.05) is 13.0 Å². The number of ether oxygens (including phenoxy) is 1. The molecule has 1 unspecified atom stereocenters. The topological polar surface area (TPSA) is 87.3 Å². The second-order valence-corrected chi connectivity index (χ2v) is 8.09. The zero-order valence-electron chi connectivity index (χ0n) is 17.9. The molecule has 2 N–H and O–H groups in total. The SMILES string of the molecule is COc1ccc2cc(C(=O)N3CCC(C(C)C(=O)NCc4ccccn4)CC3)[nH]c2c1. The molecule has 3 aromatic rings. The van der Waals surface area contributed by atoms with Crippen LogP contribution in [0.2, 0.25) is 0 Å². The van der Waals surface area contributed by atoms with E-state index in [-0.39, 0.29) is 23.7 Å². The highest BCUT2D eigenvalue weighted by atomic mass is 16.5. The molecule has 7 heteroatoms. The maximum absolute atomic E-state index is 13.0. The molecule has 0 radical (unpaired) electrons. The Balaban J connectivity index is 1.31. The van der Waals surface area contributed by atoms with Gasteiger partial charge in [-0.3, -0.25) is 14.6 Å². The van der Waals surface area contributed by atoms with E-state index in [1.807, 2.05) is 54.3 Å². The van der Waals surface area contributed by atoms with Crippen LogP contribution in [0.4, 0.5) is 0 Å². The lowest BCUT2D eigenvalue weighted by Gasteiger charge is -2.34. The Morgan fingerprint density at radius 3 is 2.74 bits per heavy atom. The molecule has 0 spiro atoms. The number of nitrogens with one attached hydrogen (secondary N) is 2. The smallest absolute Gasteiger partial charge is 0.270 e. The molecule has 1 aromatic carbocycles. The summed E-state index contributed by atoms with van der Waals surface area (Å²) in [7, 11) is 1.63. The molecule has 1 aliphatic heterocycles. The van der Waals surface area contributed by atoms with E-state index in [2.05, 4.69) is 15.3 Å². The van der Waals surface area contributed by atoms with Crippen LogP contribution >= 0.6 is 0 Å². The number of pyridine rings is 1. The molecule has 4 rings (SSSR count). The molecule has 1 saturated heterocycles. The number of piperidine rings is 1. The third-order valence-corrected chi connectivity index (χ3v) is 6.18. The van der Waals surface area contributed by atoms with Crippen molar-refractivity contribution < 1.29 is 14.3 Å². The van der Waals surface area contributed by atoms with Crippen molar-refractivity contribution in [3.63, 3.8) is 0 Å². The van der Waals surface area contributed by atoms with Crippen molar-refractivity contribution in [2.75, 3.05) is 20.2 Å². The number of hydrogen-bond acceptors (Lipinski definition) is 4. The first-order valence-electron chi connectivity index (χ1n) is 10.7. The second kappa shape index (κ2) is 9.20. The van der Waals surface area contributed by atoms with Crippen LogP contribution in [0.15, 0.2) is 48.7 Å². The van der Waals surface area contributed by atoms with Gasteiger partial charge in [0, 0.05) is 42.2 Å². The number of amides is 2. The average molecular weight is 421 g/mol. The van der Waals surface area contributed by atoms with Crippen LogP contribution in [0.5, 0.6) is 5.75 Å². The molecule has 1 aliphatic rings. The van der Waals surface area contributed by atoms with Gasteiger partial charge < -0.3 is 19.9 Å². The van der Waals surface area contributed by atoms with E-state index in [0.29, 0.717) is 25.3 Å². The number of carbonyl (C=O) groups is 2. The van der Waals surface area contributed by atoms with E-state index < -0.39 is 0 Å². The van der Waals surface area contributed by atoms with Crippen LogP contribution in [0.25, 0.3) is 10.9 Å². The van der Waals surface area contributed by atoms with Crippen molar-refractivity contribution in [3.05, 3.63) is 60.0 Å². The predicted molar refractivity (Wildman–Crippen MR) is 119 cm³/mol. The molecule has 7 nitrogen and oxygen atoms in total. The average Bonchev–Trinajstić information content (AvgIpc) is 3.25. The number of likely N-dealkylation sites (tertiary alicyclic amines) is 1. The van der Waals surface area contributed by atoms with Crippen LogP contribution < -0.4 is 10.1 Å². The molecular weight excluding hydrogens is 392 g/mol. The fourth-order valence-corrected chi connectivity index (χ4v) is 4.18. The lowest BCUT2D eigenvalue weighted by Crippen LogP contribution is -2.42. The Hall–Kier alpha value is -3.35. The van der Waals surface area contributed by atoms with Gasteiger partial charge in [-0.05, 0) is 49.1 Å². The highest BCUT2D eigenvalue weighted by Crippen LogP contribution is 2.27. The van der Waals surface area contributed by atoms with Crippen molar-refractivity contribution in [2.24, 2.45) is 11.8 Å². The van der Waals surface area contributed by atoms with E-state index in [9.17, 15) is 9.59 Å². The molecule has 0 saturated carbocycles. The number of nitrogens with zero attached hydrogens (tertiary/aromatic N) is 2. The number of benzene rings is 1. The maximum Gasteiger partial charge on any atom is 0.270 e. The Morgan fingerprint density at radius 2 is 2.03 bits per heavy atom. The van der Waals surface area contributed by atoms with Crippen molar-refractivity contribution >= 4 is 22.7 Å². The molecule has 31 heavy (non-hydrogen) atoms. The summed E-state index contributed by atoms with van der Waals surface area (Å²) in [5.74, 6) is 0.964. The van der Waals surface area contributed by atoms with Gasteiger partial charge in [0.05, 0.1) is 19.3 Å². The van der Waals surface area contributed by atoms with Gasteiger partial charge >= 0.3 is 0 Å². The van der Waals surface area contributed by atoms with Gasteiger partial charge in [0.15, 0.2) is 0 Å². The first-order chi connectivity index (χ1) is 15.0. The summed E-state index contributed by atoms with van der Waals surface area (Å²) >= 11 is 0. The zero-order chi connectivity index (χ0) is 21.8. The van der Waals surface area contributed by atoms with Crippen molar-refractivity contribution in [1.82, 2.24) is 20.2 Å². The molecule has 2 amide bonds. The lowest BCUT2D eigenvalue weighted by molar-refractivity contribution is -0.126. The number of fused-ring (bicyclic) bond motifs is 1. The quantitative estimate of drug-likeness (QED) is 0.640. The molecular formula is C24H28N4O3. The van der Waals surface area contributed by atoms with Crippen molar-refractivity contribution in [3.8, 4) is 5.75 Å². The normalized spacial score (nSPS) is 15.6. The number of aromatic nitrogens is 2. The summed E-state index contributed by atoms with van der Waals surface area (Å²) in [5.41, 5.74) is 2.32. The van der Waals surface area contributed by atoms with Gasteiger partial charge in [0.1, 0.15) is 11.4 Å². The minimum absolute atomic E-state index is 0.000809. The summed E-state index contributed by atoms with van der Waals surface area (Å²) in [5, 5.41) is 3.97. The maximum atomic E-state index is 13.0.